The quantitative estimate of drug-likeness (QED) is 0.595. The minimum Gasteiger partial charge on any atom is -0.497 e. The Kier molecular flexibility index (Phi) is 4.49. The molecule has 1 nitrogen and oxygen atoms in total. The molecule has 126 valence electrons. The number of benzene rings is 1. The van der Waals surface area contributed by atoms with Gasteiger partial charge in [-0.2, -0.15) is 0 Å². The number of allylic oxidation sites excluding steroid dienone is 2. The first-order valence-corrected chi connectivity index (χ1v) is 10.1. The lowest BCUT2D eigenvalue weighted by Crippen LogP contribution is -2.17. The highest BCUT2D eigenvalue weighted by molar-refractivity contribution is 7.11. The van der Waals surface area contributed by atoms with E-state index in [4.69, 9.17) is 4.74 Å². The minimum absolute atomic E-state index is 0.583. The molecule has 0 spiro atoms. The second-order valence-electron chi connectivity index (χ2n) is 7.10. The zero-order valence-electron chi connectivity index (χ0n) is 14.6. The molecule has 2 aliphatic rings. The Bertz CT molecular complexity index is 728. The maximum Gasteiger partial charge on any atom is 0.119 e. The normalized spacial score (nSPS) is 25.1. The number of unbranched alkanes of at least 4 members (excludes halogenated alkanes) is 1. The zero-order chi connectivity index (χ0) is 16.5. The molecule has 0 saturated carbocycles. The third-order valence-electron chi connectivity index (χ3n) is 5.85. The number of hydrogen-bond acceptors (Lipinski definition) is 2. The standard InChI is InChI=1S/C22H26OS/c1-3-4-7-16-17-8-5-9-19(21-10-6-13-24-21)22(17)18-12-11-15(23-2)14-20(16)18/h6,9-14,16-17,22H,3-5,7-8H2,1-2H3. The zero-order valence-corrected chi connectivity index (χ0v) is 15.4. The van der Waals surface area contributed by atoms with E-state index in [-0.39, 0.29) is 0 Å². The smallest absolute Gasteiger partial charge is 0.119 e. The predicted octanol–water partition coefficient (Wildman–Crippen LogP) is 6.62. The van der Waals surface area contributed by atoms with E-state index in [1.807, 2.05) is 11.3 Å². The summed E-state index contributed by atoms with van der Waals surface area (Å²) < 4.78 is 5.53. The summed E-state index contributed by atoms with van der Waals surface area (Å²) in [6.45, 7) is 2.30. The van der Waals surface area contributed by atoms with E-state index in [1.54, 1.807) is 23.8 Å². The molecule has 0 saturated heterocycles. The molecule has 0 radical (unpaired) electrons. The molecule has 1 heterocycles. The topological polar surface area (TPSA) is 9.23 Å². The Morgan fingerprint density at radius 2 is 2.12 bits per heavy atom. The highest BCUT2D eigenvalue weighted by atomic mass is 32.1. The first-order chi connectivity index (χ1) is 11.8. The Labute approximate surface area is 149 Å². The molecule has 0 bridgehead atoms. The van der Waals surface area contributed by atoms with Gasteiger partial charge in [-0.25, -0.2) is 0 Å². The van der Waals surface area contributed by atoms with Gasteiger partial charge in [-0.1, -0.05) is 38.0 Å². The molecule has 3 atom stereocenters. The predicted molar refractivity (Wildman–Crippen MR) is 103 cm³/mol. The van der Waals surface area contributed by atoms with Crippen LogP contribution in [0.15, 0.2) is 41.8 Å². The van der Waals surface area contributed by atoms with Crippen LogP contribution in [0.4, 0.5) is 0 Å². The van der Waals surface area contributed by atoms with Crippen molar-refractivity contribution in [1.82, 2.24) is 0 Å². The lowest BCUT2D eigenvalue weighted by atomic mass is 9.74. The maximum absolute atomic E-state index is 5.53. The van der Waals surface area contributed by atoms with Crippen molar-refractivity contribution in [3.05, 3.63) is 57.8 Å². The van der Waals surface area contributed by atoms with Crippen LogP contribution < -0.4 is 4.74 Å². The SMILES string of the molecule is CCCCC1c2cc(OC)ccc2C2C(c3cccs3)=CCCC12. The van der Waals surface area contributed by atoms with E-state index in [0.29, 0.717) is 11.8 Å². The number of thiophene rings is 1. The first kappa shape index (κ1) is 16.0. The van der Waals surface area contributed by atoms with Crippen LogP contribution in [0.1, 0.15) is 66.9 Å². The van der Waals surface area contributed by atoms with Crippen LogP contribution in [-0.4, -0.2) is 7.11 Å². The largest absolute Gasteiger partial charge is 0.497 e. The summed E-state index contributed by atoms with van der Waals surface area (Å²) in [4.78, 5) is 1.46. The van der Waals surface area contributed by atoms with Gasteiger partial charge in [-0.05, 0) is 71.4 Å². The highest BCUT2D eigenvalue weighted by Gasteiger charge is 2.43. The van der Waals surface area contributed by atoms with Crippen molar-refractivity contribution in [2.45, 2.75) is 50.9 Å². The molecular formula is C22H26OS. The van der Waals surface area contributed by atoms with E-state index in [2.05, 4.69) is 48.7 Å². The van der Waals surface area contributed by atoms with E-state index >= 15 is 0 Å². The van der Waals surface area contributed by atoms with E-state index < -0.39 is 0 Å². The summed E-state index contributed by atoms with van der Waals surface area (Å²) >= 11 is 1.89. The molecule has 0 aliphatic heterocycles. The van der Waals surface area contributed by atoms with Crippen molar-refractivity contribution >= 4 is 16.9 Å². The van der Waals surface area contributed by atoms with Gasteiger partial charge in [0.25, 0.3) is 0 Å². The summed E-state index contributed by atoms with van der Waals surface area (Å²) in [6, 6.07) is 11.3. The fraction of sp³-hybridized carbons (Fsp3) is 0.455. The third kappa shape index (κ3) is 2.61. The van der Waals surface area contributed by atoms with Gasteiger partial charge in [0.15, 0.2) is 0 Å². The number of hydrogen-bond donors (Lipinski definition) is 0. The molecule has 0 amide bonds. The molecule has 1 aromatic heterocycles. The molecule has 0 fully saturated rings. The van der Waals surface area contributed by atoms with Crippen LogP contribution in [-0.2, 0) is 0 Å². The van der Waals surface area contributed by atoms with Crippen molar-refractivity contribution in [2.75, 3.05) is 7.11 Å². The van der Waals surface area contributed by atoms with Crippen LogP contribution in [0.2, 0.25) is 0 Å². The average molecular weight is 339 g/mol. The van der Waals surface area contributed by atoms with E-state index in [0.717, 1.165) is 11.7 Å². The summed E-state index contributed by atoms with van der Waals surface area (Å²) in [5, 5.41) is 2.21. The molecule has 24 heavy (non-hydrogen) atoms. The van der Waals surface area contributed by atoms with Gasteiger partial charge in [-0.3, -0.25) is 0 Å². The van der Waals surface area contributed by atoms with Crippen molar-refractivity contribution in [3.63, 3.8) is 0 Å². The van der Waals surface area contributed by atoms with Crippen molar-refractivity contribution < 1.29 is 4.74 Å². The summed E-state index contributed by atoms with van der Waals surface area (Å²) in [5.41, 5.74) is 4.69. The lowest BCUT2D eigenvalue weighted by Gasteiger charge is -2.30. The molecule has 2 aromatic rings. The number of methoxy groups -OCH3 is 1. The molecule has 1 aromatic carbocycles. The second kappa shape index (κ2) is 6.76. The van der Waals surface area contributed by atoms with Gasteiger partial charge >= 0.3 is 0 Å². The first-order valence-electron chi connectivity index (χ1n) is 9.25. The van der Waals surface area contributed by atoms with Crippen LogP contribution in [0, 0.1) is 5.92 Å². The molecule has 4 rings (SSSR count). The molecule has 0 N–H and O–H groups in total. The van der Waals surface area contributed by atoms with Gasteiger partial charge in [0.05, 0.1) is 7.11 Å². The molecular weight excluding hydrogens is 312 g/mol. The number of ether oxygens (including phenoxy) is 1. The molecule has 2 heteroatoms. The van der Waals surface area contributed by atoms with Crippen LogP contribution >= 0.6 is 11.3 Å². The average Bonchev–Trinajstić information content (AvgIpc) is 3.25. The van der Waals surface area contributed by atoms with E-state index in [9.17, 15) is 0 Å². The van der Waals surface area contributed by atoms with Crippen molar-refractivity contribution in [2.24, 2.45) is 5.92 Å². The fourth-order valence-electron chi connectivity index (χ4n) is 4.79. The Morgan fingerprint density at radius 1 is 1.21 bits per heavy atom. The van der Waals surface area contributed by atoms with E-state index in [1.165, 1.54) is 37.0 Å². The van der Waals surface area contributed by atoms with Crippen molar-refractivity contribution in [3.8, 4) is 5.75 Å². The number of rotatable bonds is 5. The summed E-state index contributed by atoms with van der Waals surface area (Å²) in [7, 11) is 1.78. The Morgan fingerprint density at radius 3 is 2.88 bits per heavy atom. The Balaban J connectivity index is 1.78. The lowest BCUT2D eigenvalue weighted by molar-refractivity contribution is 0.370. The second-order valence-corrected chi connectivity index (χ2v) is 8.05. The van der Waals surface area contributed by atoms with Gasteiger partial charge in [0.1, 0.15) is 5.75 Å². The van der Waals surface area contributed by atoms with Gasteiger partial charge in [0, 0.05) is 10.8 Å². The maximum atomic E-state index is 5.53. The van der Waals surface area contributed by atoms with Crippen LogP contribution in [0.3, 0.4) is 0 Å². The van der Waals surface area contributed by atoms with Gasteiger partial charge in [0.2, 0.25) is 0 Å². The van der Waals surface area contributed by atoms with Gasteiger partial charge < -0.3 is 4.74 Å². The summed E-state index contributed by atoms with van der Waals surface area (Å²) in [5.74, 6) is 3.06. The molecule has 2 aliphatic carbocycles. The molecule has 3 unspecified atom stereocenters. The highest BCUT2D eigenvalue weighted by Crippen LogP contribution is 2.58. The number of fused-ring (bicyclic) bond motifs is 3. The van der Waals surface area contributed by atoms with Gasteiger partial charge in [-0.15, -0.1) is 11.3 Å². The van der Waals surface area contributed by atoms with Crippen LogP contribution in [0.5, 0.6) is 5.75 Å². The van der Waals surface area contributed by atoms with Crippen LogP contribution in [0.25, 0.3) is 5.57 Å². The van der Waals surface area contributed by atoms with Crippen molar-refractivity contribution in [1.29, 1.82) is 0 Å². The fourth-order valence-corrected chi connectivity index (χ4v) is 5.60. The Hall–Kier alpha value is -1.54. The monoisotopic (exact) mass is 338 g/mol. The third-order valence-corrected chi connectivity index (χ3v) is 6.77. The minimum atomic E-state index is 0.583. The summed E-state index contributed by atoms with van der Waals surface area (Å²) in [6.07, 6.45) is 8.97.